The number of benzene rings is 1. The summed E-state index contributed by atoms with van der Waals surface area (Å²) in [7, 11) is 0. The minimum absolute atomic E-state index is 0.429. The lowest BCUT2D eigenvalue weighted by Gasteiger charge is -2.08. The maximum atomic E-state index is 5.93. The second-order valence-electron chi connectivity index (χ2n) is 4.05. The molecule has 2 rings (SSSR count). The van der Waals surface area contributed by atoms with Crippen LogP contribution in [-0.2, 0) is 0 Å². The van der Waals surface area contributed by atoms with Crippen molar-refractivity contribution >= 4 is 5.69 Å². The van der Waals surface area contributed by atoms with Gasteiger partial charge in [-0.25, -0.2) is 0 Å². The fourth-order valence-corrected chi connectivity index (χ4v) is 1.67. The first kappa shape index (κ1) is 10.7. The molecular weight excluding hydrogens is 198 g/mol. The minimum atomic E-state index is 0.429. The van der Waals surface area contributed by atoms with Gasteiger partial charge < -0.3 is 5.73 Å². The highest BCUT2D eigenvalue weighted by Crippen LogP contribution is 2.25. The SMILES string of the molecule is CCC(C)n1cc(-c2ccccc2N)cn1. The van der Waals surface area contributed by atoms with Gasteiger partial charge in [-0.1, -0.05) is 25.1 Å². The third-order valence-corrected chi connectivity index (χ3v) is 2.92. The molecule has 16 heavy (non-hydrogen) atoms. The van der Waals surface area contributed by atoms with E-state index in [1.54, 1.807) is 0 Å². The summed E-state index contributed by atoms with van der Waals surface area (Å²) in [5.74, 6) is 0. The molecule has 0 spiro atoms. The quantitative estimate of drug-likeness (QED) is 0.799. The van der Waals surface area contributed by atoms with Crippen LogP contribution in [0.25, 0.3) is 11.1 Å². The van der Waals surface area contributed by atoms with Crippen molar-refractivity contribution in [2.75, 3.05) is 5.73 Å². The summed E-state index contributed by atoms with van der Waals surface area (Å²) in [6, 6.07) is 8.30. The molecule has 1 atom stereocenters. The van der Waals surface area contributed by atoms with E-state index in [0.29, 0.717) is 6.04 Å². The molecule has 1 aromatic carbocycles. The summed E-state index contributed by atoms with van der Waals surface area (Å²) in [6.45, 7) is 4.31. The van der Waals surface area contributed by atoms with Gasteiger partial charge in [0, 0.05) is 29.1 Å². The Bertz CT molecular complexity index is 474. The van der Waals surface area contributed by atoms with Crippen molar-refractivity contribution in [2.24, 2.45) is 0 Å². The Hall–Kier alpha value is -1.77. The highest BCUT2D eigenvalue weighted by Gasteiger charge is 2.07. The Morgan fingerprint density at radius 1 is 1.38 bits per heavy atom. The van der Waals surface area contributed by atoms with Gasteiger partial charge in [-0.2, -0.15) is 5.10 Å². The van der Waals surface area contributed by atoms with Crippen molar-refractivity contribution in [1.82, 2.24) is 9.78 Å². The van der Waals surface area contributed by atoms with Crippen LogP contribution in [0.3, 0.4) is 0 Å². The number of nitrogens with zero attached hydrogens (tertiary/aromatic N) is 2. The van der Waals surface area contributed by atoms with Crippen LogP contribution in [0.5, 0.6) is 0 Å². The molecule has 1 heterocycles. The lowest BCUT2D eigenvalue weighted by Crippen LogP contribution is -2.03. The van der Waals surface area contributed by atoms with Gasteiger partial charge in [0.2, 0.25) is 0 Å². The summed E-state index contributed by atoms with van der Waals surface area (Å²) < 4.78 is 1.99. The Kier molecular flexibility index (Phi) is 2.95. The second-order valence-corrected chi connectivity index (χ2v) is 4.05. The van der Waals surface area contributed by atoms with Crippen LogP contribution < -0.4 is 5.73 Å². The average Bonchev–Trinajstić information content (AvgIpc) is 2.78. The van der Waals surface area contributed by atoms with Gasteiger partial charge in [-0.3, -0.25) is 4.68 Å². The van der Waals surface area contributed by atoms with Crippen LogP contribution in [0.15, 0.2) is 36.7 Å². The van der Waals surface area contributed by atoms with Gasteiger partial charge >= 0.3 is 0 Å². The number of nitrogen functional groups attached to an aromatic ring is 1. The highest BCUT2D eigenvalue weighted by atomic mass is 15.3. The van der Waals surface area contributed by atoms with E-state index in [1.165, 1.54) is 0 Å². The Balaban J connectivity index is 2.35. The first-order valence-corrected chi connectivity index (χ1v) is 5.61. The molecule has 0 saturated carbocycles. The fraction of sp³-hybridized carbons (Fsp3) is 0.308. The molecule has 3 heteroatoms. The number of nitrogens with two attached hydrogens (primary N) is 1. The Morgan fingerprint density at radius 3 is 2.81 bits per heavy atom. The van der Waals surface area contributed by atoms with E-state index >= 15 is 0 Å². The molecule has 1 unspecified atom stereocenters. The van der Waals surface area contributed by atoms with Crippen molar-refractivity contribution in [1.29, 1.82) is 0 Å². The maximum Gasteiger partial charge on any atom is 0.0569 e. The van der Waals surface area contributed by atoms with Crippen LogP contribution in [0.1, 0.15) is 26.3 Å². The Labute approximate surface area is 95.9 Å². The average molecular weight is 215 g/mol. The fourth-order valence-electron chi connectivity index (χ4n) is 1.67. The molecule has 3 nitrogen and oxygen atoms in total. The van der Waals surface area contributed by atoms with E-state index < -0.39 is 0 Å². The molecule has 2 N–H and O–H groups in total. The maximum absolute atomic E-state index is 5.93. The second kappa shape index (κ2) is 4.39. The number of para-hydroxylation sites is 1. The summed E-state index contributed by atoms with van der Waals surface area (Å²) in [4.78, 5) is 0. The van der Waals surface area contributed by atoms with Gasteiger partial charge in [0.25, 0.3) is 0 Å². The van der Waals surface area contributed by atoms with Gasteiger partial charge in [0.05, 0.1) is 6.20 Å². The lowest BCUT2D eigenvalue weighted by atomic mass is 10.1. The van der Waals surface area contributed by atoms with E-state index in [-0.39, 0.29) is 0 Å². The monoisotopic (exact) mass is 215 g/mol. The Morgan fingerprint density at radius 2 is 2.12 bits per heavy atom. The lowest BCUT2D eigenvalue weighted by molar-refractivity contribution is 0.478. The van der Waals surface area contributed by atoms with Crippen molar-refractivity contribution in [3.63, 3.8) is 0 Å². The third-order valence-electron chi connectivity index (χ3n) is 2.92. The predicted molar refractivity (Wildman–Crippen MR) is 67.1 cm³/mol. The van der Waals surface area contributed by atoms with Gasteiger partial charge in [0.1, 0.15) is 0 Å². The van der Waals surface area contributed by atoms with Gasteiger partial charge in [-0.15, -0.1) is 0 Å². The van der Waals surface area contributed by atoms with Crippen molar-refractivity contribution in [3.8, 4) is 11.1 Å². The summed E-state index contributed by atoms with van der Waals surface area (Å²) in [5.41, 5.74) is 8.87. The molecule has 0 aliphatic rings. The molecule has 0 fully saturated rings. The number of aromatic nitrogens is 2. The van der Waals surface area contributed by atoms with E-state index in [0.717, 1.165) is 23.2 Å². The zero-order valence-corrected chi connectivity index (χ0v) is 9.72. The van der Waals surface area contributed by atoms with Crippen molar-refractivity contribution in [3.05, 3.63) is 36.7 Å². The van der Waals surface area contributed by atoms with Gasteiger partial charge in [0.15, 0.2) is 0 Å². The molecule has 2 aromatic rings. The zero-order valence-electron chi connectivity index (χ0n) is 9.72. The van der Waals surface area contributed by atoms with Crippen LogP contribution in [-0.4, -0.2) is 9.78 Å². The molecule has 0 amide bonds. The minimum Gasteiger partial charge on any atom is -0.398 e. The van der Waals surface area contributed by atoms with Gasteiger partial charge in [-0.05, 0) is 19.4 Å². The molecule has 84 valence electrons. The third kappa shape index (κ3) is 1.94. The molecule has 0 bridgehead atoms. The highest BCUT2D eigenvalue weighted by molar-refractivity contribution is 5.75. The molecule has 0 aliphatic carbocycles. The molecule has 0 aliphatic heterocycles. The van der Waals surface area contributed by atoms with Crippen LogP contribution in [0.4, 0.5) is 5.69 Å². The number of hydrogen-bond donors (Lipinski definition) is 1. The first-order valence-electron chi connectivity index (χ1n) is 5.61. The normalized spacial score (nSPS) is 12.6. The van der Waals surface area contributed by atoms with E-state index in [2.05, 4.69) is 25.1 Å². The topological polar surface area (TPSA) is 43.8 Å². The summed E-state index contributed by atoms with van der Waals surface area (Å²) in [5, 5.41) is 4.37. The zero-order chi connectivity index (χ0) is 11.5. The first-order chi connectivity index (χ1) is 7.72. The molecule has 0 radical (unpaired) electrons. The summed E-state index contributed by atoms with van der Waals surface area (Å²) in [6.07, 6.45) is 5.00. The van der Waals surface area contributed by atoms with E-state index in [9.17, 15) is 0 Å². The number of hydrogen-bond acceptors (Lipinski definition) is 2. The molecule has 0 saturated heterocycles. The predicted octanol–water partition coefficient (Wildman–Crippen LogP) is 3.10. The van der Waals surface area contributed by atoms with E-state index in [1.807, 2.05) is 35.1 Å². The van der Waals surface area contributed by atoms with E-state index in [4.69, 9.17) is 5.73 Å². The standard InChI is InChI=1S/C13H17N3/c1-3-10(2)16-9-11(8-15-16)12-6-4-5-7-13(12)14/h4-10H,3,14H2,1-2H3. The smallest absolute Gasteiger partial charge is 0.0569 e. The van der Waals surface area contributed by atoms with Crippen LogP contribution >= 0.6 is 0 Å². The number of anilines is 1. The largest absolute Gasteiger partial charge is 0.398 e. The summed E-state index contributed by atoms with van der Waals surface area (Å²) >= 11 is 0. The van der Waals surface area contributed by atoms with Crippen LogP contribution in [0, 0.1) is 0 Å². The molecule has 1 aromatic heterocycles. The van der Waals surface area contributed by atoms with Crippen molar-refractivity contribution in [2.45, 2.75) is 26.3 Å². The van der Waals surface area contributed by atoms with Crippen molar-refractivity contribution < 1.29 is 0 Å². The van der Waals surface area contributed by atoms with Crippen LogP contribution in [0.2, 0.25) is 0 Å². The number of rotatable bonds is 3. The molecular formula is C13H17N3.